The smallest absolute Gasteiger partial charge is 0.115 e. The Kier molecular flexibility index (Phi) is 15.3. The van der Waals surface area contributed by atoms with E-state index in [1.54, 1.807) is 6.08 Å². The van der Waals surface area contributed by atoms with Gasteiger partial charge < -0.3 is 37.9 Å². The monoisotopic (exact) mass is 824 g/mol. The van der Waals surface area contributed by atoms with Gasteiger partial charge in [-0.25, -0.2) is 0 Å². The van der Waals surface area contributed by atoms with Crippen LogP contribution >= 0.6 is 0 Å². The van der Waals surface area contributed by atoms with Crippen molar-refractivity contribution in [2.75, 3.05) is 13.2 Å². The molecule has 12 atom stereocenters. The van der Waals surface area contributed by atoms with Crippen LogP contribution in [0.25, 0.3) is 10.8 Å². The minimum Gasteiger partial charge on any atom is -0.382 e. The van der Waals surface area contributed by atoms with Crippen molar-refractivity contribution < 1.29 is 37.9 Å². The standard InChI is InChI=1S/C53H60O8/c1-4-6-9-22-44-42(29-30-54-5-2)25-26-45-46(58-44)27-28-47-48(59-45)33-50-52(61-47)53(57-35-39-18-12-8-13-19-39)51(56-34-38-16-10-7-11-17-38)49(60-50)31-37(3)55-36-40-23-24-41-20-14-15-21-43(41)32-40/h1,6-21,23-28,32,37,42,44-53H,5,22,29-31,33-36H2,2-3H3/b9-6-/t37-,42+,44+,45+,46-,47+,48-,49-,50+,51-,52+,53+/m0/s1. The quantitative estimate of drug-likeness (QED) is 0.0593. The molecule has 4 aromatic rings. The van der Waals surface area contributed by atoms with Gasteiger partial charge in [0.2, 0.25) is 0 Å². The highest BCUT2D eigenvalue weighted by atomic mass is 16.6. The Balaban J connectivity index is 1.04. The summed E-state index contributed by atoms with van der Waals surface area (Å²) in [6.07, 6.45) is 17.4. The number of terminal acetylenes is 1. The summed E-state index contributed by atoms with van der Waals surface area (Å²) in [6, 6.07) is 35.4. The first-order chi connectivity index (χ1) is 30.0. The summed E-state index contributed by atoms with van der Waals surface area (Å²) >= 11 is 0. The molecule has 0 aliphatic carbocycles. The minimum atomic E-state index is -0.438. The molecule has 4 heterocycles. The molecule has 0 amide bonds. The fourth-order valence-electron chi connectivity index (χ4n) is 9.07. The van der Waals surface area contributed by atoms with Crippen LogP contribution in [0, 0.1) is 18.3 Å². The average molecular weight is 825 g/mol. The Hall–Kier alpha value is -4.40. The molecule has 0 saturated carbocycles. The van der Waals surface area contributed by atoms with Crippen molar-refractivity contribution in [3.05, 3.63) is 156 Å². The molecule has 4 aliphatic rings. The number of hydrogen-bond acceptors (Lipinski definition) is 8. The van der Waals surface area contributed by atoms with Crippen LogP contribution in [-0.4, -0.2) is 80.4 Å². The van der Waals surface area contributed by atoms with Crippen LogP contribution < -0.4 is 0 Å². The summed E-state index contributed by atoms with van der Waals surface area (Å²) in [4.78, 5) is 0. The molecule has 0 N–H and O–H groups in total. The number of rotatable bonds is 17. The third-order valence-electron chi connectivity index (χ3n) is 12.2. The van der Waals surface area contributed by atoms with Gasteiger partial charge in [0.05, 0.1) is 50.3 Å². The lowest BCUT2D eigenvalue weighted by atomic mass is 9.86. The molecule has 0 bridgehead atoms. The predicted octanol–water partition coefficient (Wildman–Crippen LogP) is 9.50. The summed E-state index contributed by atoms with van der Waals surface area (Å²) in [7, 11) is 0. The number of allylic oxidation sites excluding steroid dienone is 1. The Morgan fingerprint density at radius 2 is 1.38 bits per heavy atom. The van der Waals surface area contributed by atoms with Gasteiger partial charge in [0.1, 0.15) is 36.6 Å². The Bertz CT molecular complexity index is 2090. The zero-order chi connectivity index (χ0) is 41.8. The second-order valence-corrected chi connectivity index (χ2v) is 16.6. The van der Waals surface area contributed by atoms with Crippen molar-refractivity contribution in [2.45, 2.75) is 126 Å². The summed E-state index contributed by atoms with van der Waals surface area (Å²) in [6.45, 7) is 6.79. The number of hydrogen-bond donors (Lipinski definition) is 0. The third-order valence-corrected chi connectivity index (χ3v) is 12.2. The molecule has 0 aromatic heterocycles. The van der Waals surface area contributed by atoms with Gasteiger partial charge in [-0.15, -0.1) is 6.42 Å². The van der Waals surface area contributed by atoms with Gasteiger partial charge in [-0.3, -0.25) is 0 Å². The molecule has 8 heteroatoms. The van der Waals surface area contributed by atoms with Gasteiger partial charge >= 0.3 is 0 Å². The van der Waals surface area contributed by atoms with Crippen molar-refractivity contribution in [1.29, 1.82) is 0 Å². The van der Waals surface area contributed by atoms with Crippen molar-refractivity contribution in [1.82, 2.24) is 0 Å². The molecule has 0 unspecified atom stereocenters. The van der Waals surface area contributed by atoms with E-state index < -0.39 is 18.3 Å². The topological polar surface area (TPSA) is 73.8 Å². The lowest BCUT2D eigenvalue weighted by Gasteiger charge is -2.51. The molecule has 0 radical (unpaired) electrons. The number of fused-ring (bicyclic) bond motifs is 4. The van der Waals surface area contributed by atoms with Gasteiger partial charge in [0.25, 0.3) is 0 Å². The molecule has 320 valence electrons. The highest BCUT2D eigenvalue weighted by Crippen LogP contribution is 2.40. The fourth-order valence-corrected chi connectivity index (χ4v) is 9.07. The molecule has 0 spiro atoms. The lowest BCUT2D eigenvalue weighted by molar-refractivity contribution is -0.301. The van der Waals surface area contributed by atoms with Crippen molar-refractivity contribution in [3.8, 4) is 12.3 Å². The summed E-state index contributed by atoms with van der Waals surface area (Å²) in [5.41, 5.74) is 3.29. The van der Waals surface area contributed by atoms with E-state index in [2.05, 4.69) is 104 Å². The van der Waals surface area contributed by atoms with E-state index in [0.29, 0.717) is 52.3 Å². The Morgan fingerprint density at radius 3 is 2.13 bits per heavy atom. The number of ether oxygens (including phenoxy) is 8. The van der Waals surface area contributed by atoms with E-state index in [-0.39, 0.29) is 54.7 Å². The summed E-state index contributed by atoms with van der Waals surface area (Å²) in [5, 5.41) is 2.42. The number of benzene rings is 4. The van der Waals surface area contributed by atoms with Crippen LogP contribution in [0.2, 0.25) is 0 Å². The second-order valence-electron chi connectivity index (χ2n) is 16.6. The van der Waals surface area contributed by atoms with E-state index >= 15 is 0 Å². The highest BCUT2D eigenvalue weighted by Gasteiger charge is 2.53. The van der Waals surface area contributed by atoms with Gasteiger partial charge in [-0.05, 0) is 66.3 Å². The van der Waals surface area contributed by atoms with E-state index in [0.717, 1.165) is 23.1 Å². The normalized spacial score (nSPS) is 30.1. The van der Waals surface area contributed by atoms with E-state index in [1.807, 2.05) is 49.4 Å². The largest absolute Gasteiger partial charge is 0.382 e. The predicted molar refractivity (Wildman–Crippen MR) is 238 cm³/mol. The zero-order valence-electron chi connectivity index (χ0n) is 35.4. The average Bonchev–Trinajstić information content (AvgIpc) is 3.56. The van der Waals surface area contributed by atoms with E-state index in [9.17, 15) is 0 Å². The minimum absolute atomic E-state index is 0.0824. The fraction of sp³-hybridized carbons (Fsp3) is 0.434. The van der Waals surface area contributed by atoms with Gasteiger partial charge in [0.15, 0.2) is 0 Å². The summed E-state index contributed by atoms with van der Waals surface area (Å²) in [5.74, 6) is 2.77. The molecule has 8 rings (SSSR count). The van der Waals surface area contributed by atoms with Gasteiger partial charge in [-0.1, -0.05) is 133 Å². The highest BCUT2D eigenvalue weighted by molar-refractivity contribution is 5.82. The zero-order valence-corrected chi connectivity index (χ0v) is 35.4. The van der Waals surface area contributed by atoms with Gasteiger partial charge in [0, 0.05) is 32.0 Å². The van der Waals surface area contributed by atoms with Gasteiger partial charge in [-0.2, -0.15) is 0 Å². The van der Waals surface area contributed by atoms with Crippen molar-refractivity contribution in [3.63, 3.8) is 0 Å². The molecule has 8 nitrogen and oxygen atoms in total. The maximum atomic E-state index is 7.15. The van der Waals surface area contributed by atoms with Crippen LogP contribution in [0.4, 0.5) is 0 Å². The first kappa shape index (κ1) is 43.3. The molecular weight excluding hydrogens is 765 g/mol. The molecule has 4 aromatic carbocycles. The molecule has 2 fully saturated rings. The maximum absolute atomic E-state index is 7.15. The lowest BCUT2D eigenvalue weighted by Crippen LogP contribution is -2.64. The summed E-state index contributed by atoms with van der Waals surface area (Å²) < 4.78 is 54.2. The van der Waals surface area contributed by atoms with Crippen LogP contribution in [0.1, 0.15) is 56.2 Å². The van der Waals surface area contributed by atoms with E-state index in [1.165, 1.54) is 10.8 Å². The van der Waals surface area contributed by atoms with Crippen molar-refractivity contribution in [2.24, 2.45) is 5.92 Å². The maximum Gasteiger partial charge on any atom is 0.115 e. The molecule has 4 aliphatic heterocycles. The molecule has 61 heavy (non-hydrogen) atoms. The molecular formula is C53H60O8. The van der Waals surface area contributed by atoms with E-state index in [4.69, 9.17) is 44.3 Å². The van der Waals surface area contributed by atoms with Crippen molar-refractivity contribution >= 4 is 10.8 Å². The third kappa shape index (κ3) is 11.4. The Morgan fingerprint density at radius 1 is 0.689 bits per heavy atom. The van der Waals surface area contributed by atoms with Crippen LogP contribution in [0.15, 0.2) is 140 Å². The first-order valence-electron chi connectivity index (χ1n) is 22.1. The second kappa shape index (κ2) is 21.6. The van der Waals surface area contributed by atoms with Crippen LogP contribution in [-0.2, 0) is 57.7 Å². The van der Waals surface area contributed by atoms with Crippen LogP contribution in [0.5, 0.6) is 0 Å². The van der Waals surface area contributed by atoms with Crippen LogP contribution in [0.3, 0.4) is 0 Å². The Labute approximate surface area is 361 Å². The molecule has 2 saturated heterocycles. The first-order valence-corrected chi connectivity index (χ1v) is 22.1. The SMILES string of the molecule is C#C/C=C\C[C@H]1O[C@H]2C=C[C@H]3O[C@H]4[C@H](OCc5ccccc5)[C@@H](OCc5ccccc5)[C@H](C[C@H](C)OCc5ccc6ccccc6c5)O[C@@H]4C[C@@H]3O[C@@H]2C=C[C@@H]1CCOCC.